The lowest BCUT2D eigenvalue weighted by atomic mass is 9.87. The van der Waals surface area contributed by atoms with Crippen LogP contribution in [0.15, 0.2) is 89.7 Å². The summed E-state index contributed by atoms with van der Waals surface area (Å²) < 4.78 is 15.5. The van der Waals surface area contributed by atoms with Gasteiger partial charge in [-0.05, 0) is 60.5 Å². The number of aromatic nitrogens is 1. The lowest BCUT2D eigenvalue weighted by molar-refractivity contribution is -0.121. The molecule has 8 nitrogen and oxygen atoms in total. The minimum Gasteiger partial charge on any atom is -0.497 e. The Hall–Kier alpha value is -4.72. The average Bonchev–Trinajstić information content (AvgIpc) is 2.93. The number of hydrogen-bond acceptors (Lipinski definition) is 7. The van der Waals surface area contributed by atoms with Crippen molar-refractivity contribution in [2.24, 2.45) is 0 Å². The van der Waals surface area contributed by atoms with Gasteiger partial charge in [0, 0.05) is 46.8 Å². The zero-order valence-corrected chi connectivity index (χ0v) is 21.0. The first-order chi connectivity index (χ1) is 17.9. The summed E-state index contributed by atoms with van der Waals surface area (Å²) in [4.78, 5) is 43.3. The smallest absolute Gasteiger partial charge is 0.256 e. The molecule has 1 aliphatic carbocycles. The number of amides is 1. The molecule has 1 aliphatic rings. The van der Waals surface area contributed by atoms with Crippen LogP contribution in [0.25, 0.3) is 11.1 Å². The zero-order chi connectivity index (χ0) is 26.5. The fourth-order valence-electron chi connectivity index (χ4n) is 4.14. The molecule has 0 unspecified atom stereocenters. The number of Topliss-reactive ketones (excluding diaryl/α,β-unsaturated/α-hetero) is 2. The van der Waals surface area contributed by atoms with Crippen molar-refractivity contribution >= 4 is 23.2 Å². The Labute approximate surface area is 214 Å². The van der Waals surface area contributed by atoms with Gasteiger partial charge in [-0.15, -0.1) is 0 Å². The maximum atomic E-state index is 13.3. The number of benzene rings is 2. The maximum Gasteiger partial charge on any atom is 0.256 e. The third-order valence-electron chi connectivity index (χ3n) is 6.12. The highest BCUT2D eigenvalue weighted by molar-refractivity contribution is 6.23. The van der Waals surface area contributed by atoms with E-state index < -0.39 is 11.6 Å². The highest BCUT2D eigenvalue weighted by Crippen LogP contribution is 2.31. The molecule has 1 N–H and O–H groups in total. The summed E-state index contributed by atoms with van der Waals surface area (Å²) in [6.45, 7) is 1.60. The van der Waals surface area contributed by atoms with Crippen molar-refractivity contribution < 1.29 is 28.6 Å². The van der Waals surface area contributed by atoms with E-state index in [0.717, 1.165) is 11.1 Å². The summed E-state index contributed by atoms with van der Waals surface area (Å²) in [5.41, 5.74) is 3.79. The van der Waals surface area contributed by atoms with E-state index in [-0.39, 0.29) is 23.8 Å². The van der Waals surface area contributed by atoms with Gasteiger partial charge in [-0.3, -0.25) is 19.4 Å². The van der Waals surface area contributed by atoms with Gasteiger partial charge < -0.3 is 19.5 Å². The van der Waals surface area contributed by atoms with Gasteiger partial charge in [0.2, 0.25) is 23.1 Å². The summed E-state index contributed by atoms with van der Waals surface area (Å²) >= 11 is 0. The Morgan fingerprint density at radius 2 is 1.59 bits per heavy atom. The second kappa shape index (κ2) is 10.9. The first kappa shape index (κ1) is 25.4. The molecule has 188 valence electrons. The molecule has 0 spiro atoms. The van der Waals surface area contributed by atoms with Crippen LogP contribution < -0.4 is 10.1 Å². The topological polar surface area (TPSA) is 104 Å². The van der Waals surface area contributed by atoms with Crippen LogP contribution in [-0.4, -0.2) is 43.8 Å². The van der Waals surface area contributed by atoms with E-state index in [4.69, 9.17) is 14.2 Å². The fraction of sp³-hybridized carbons (Fsp3) is 0.172. The standard InChI is InChI=1S/C29H26N2O6/c1-17-23(26(33)28(37-4)27(36-3)25(17)32)14-18-7-12-22(24(15-18)19-6-5-13-30-16-19)29(34)31-20-8-10-21(35-2)11-9-20/h5-13,15-16H,14H2,1-4H3,(H,31,34). The highest BCUT2D eigenvalue weighted by atomic mass is 16.5. The Kier molecular flexibility index (Phi) is 7.48. The monoisotopic (exact) mass is 498 g/mol. The van der Waals surface area contributed by atoms with Crippen LogP contribution in [0.5, 0.6) is 5.75 Å². The number of anilines is 1. The van der Waals surface area contributed by atoms with Crippen LogP contribution in [0.4, 0.5) is 5.69 Å². The Morgan fingerprint density at radius 3 is 2.22 bits per heavy atom. The summed E-state index contributed by atoms with van der Waals surface area (Å²) in [5, 5.41) is 2.91. The number of methoxy groups -OCH3 is 3. The second-order valence-electron chi connectivity index (χ2n) is 8.31. The molecule has 1 amide bonds. The van der Waals surface area contributed by atoms with Gasteiger partial charge in [0.05, 0.1) is 21.3 Å². The second-order valence-corrected chi connectivity index (χ2v) is 8.31. The Morgan fingerprint density at radius 1 is 0.892 bits per heavy atom. The summed E-state index contributed by atoms with van der Waals surface area (Å²) in [5.74, 6) is -0.629. The van der Waals surface area contributed by atoms with Crippen LogP contribution in [0.2, 0.25) is 0 Å². The molecule has 2 aromatic carbocycles. The summed E-state index contributed by atoms with van der Waals surface area (Å²) in [6.07, 6.45) is 3.49. The van der Waals surface area contributed by atoms with Gasteiger partial charge in [-0.1, -0.05) is 12.1 Å². The van der Waals surface area contributed by atoms with Gasteiger partial charge in [-0.25, -0.2) is 0 Å². The molecule has 0 saturated heterocycles. The van der Waals surface area contributed by atoms with Gasteiger partial charge >= 0.3 is 0 Å². The number of allylic oxidation sites excluding steroid dienone is 2. The van der Waals surface area contributed by atoms with E-state index in [2.05, 4.69) is 10.3 Å². The maximum absolute atomic E-state index is 13.3. The molecule has 3 aromatic rings. The number of ether oxygens (including phenoxy) is 3. The van der Waals surface area contributed by atoms with Crippen molar-refractivity contribution in [1.82, 2.24) is 4.98 Å². The van der Waals surface area contributed by atoms with E-state index in [1.165, 1.54) is 14.2 Å². The molecule has 0 fully saturated rings. The van der Waals surface area contributed by atoms with Crippen LogP contribution in [0, 0.1) is 0 Å². The lowest BCUT2D eigenvalue weighted by Gasteiger charge is -2.21. The van der Waals surface area contributed by atoms with E-state index in [1.807, 2.05) is 12.1 Å². The predicted octanol–water partition coefficient (Wildman–Crippen LogP) is 4.52. The normalized spacial score (nSPS) is 13.5. The Balaban J connectivity index is 1.70. The van der Waals surface area contributed by atoms with Gasteiger partial charge in [0.25, 0.3) is 5.91 Å². The first-order valence-electron chi connectivity index (χ1n) is 11.5. The minimum absolute atomic E-state index is 0.102. The van der Waals surface area contributed by atoms with Crippen LogP contribution in [0.1, 0.15) is 22.8 Å². The molecular formula is C29H26N2O6. The van der Waals surface area contributed by atoms with Crippen molar-refractivity contribution in [1.29, 1.82) is 0 Å². The number of carbonyl (C=O) groups is 3. The number of rotatable bonds is 8. The van der Waals surface area contributed by atoms with Crippen LogP contribution in [0.3, 0.4) is 0 Å². The molecule has 8 heteroatoms. The molecule has 1 aromatic heterocycles. The van der Waals surface area contributed by atoms with Crippen LogP contribution in [-0.2, 0) is 25.5 Å². The lowest BCUT2D eigenvalue weighted by Crippen LogP contribution is -2.26. The summed E-state index contributed by atoms with van der Waals surface area (Å²) in [7, 11) is 4.23. The first-order valence-corrected chi connectivity index (χ1v) is 11.5. The quantitative estimate of drug-likeness (QED) is 0.455. The molecule has 0 aliphatic heterocycles. The van der Waals surface area contributed by atoms with Crippen molar-refractivity contribution in [2.75, 3.05) is 26.6 Å². The molecule has 1 heterocycles. The number of hydrogen-bond donors (Lipinski definition) is 1. The molecule has 0 radical (unpaired) electrons. The largest absolute Gasteiger partial charge is 0.497 e. The predicted molar refractivity (Wildman–Crippen MR) is 138 cm³/mol. The van der Waals surface area contributed by atoms with E-state index in [9.17, 15) is 14.4 Å². The number of carbonyl (C=O) groups excluding carboxylic acids is 3. The molecule has 4 rings (SSSR count). The third kappa shape index (κ3) is 5.13. The number of nitrogens with zero attached hydrogens (tertiary/aromatic N) is 1. The molecule has 0 atom stereocenters. The Bertz CT molecular complexity index is 1420. The van der Waals surface area contributed by atoms with Crippen molar-refractivity contribution in [3.63, 3.8) is 0 Å². The van der Waals surface area contributed by atoms with E-state index in [0.29, 0.717) is 33.7 Å². The SMILES string of the molecule is COC1=C(OC)C(=O)C(Cc2ccc(C(=O)Nc3ccc(OC)cc3)c(-c3cccnc3)c2)=C(C)C1=O. The molecule has 0 saturated carbocycles. The number of ketones is 2. The van der Waals surface area contributed by atoms with Crippen molar-refractivity contribution in [2.45, 2.75) is 13.3 Å². The van der Waals surface area contributed by atoms with Crippen molar-refractivity contribution in [3.8, 4) is 16.9 Å². The summed E-state index contributed by atoms with van der Waals surface area (Å²) in [6, 6.07) is 16.0. The highest BCUT2D eigenvalue weighted by Gasteiger charge is 2.34. The van der Waals surface area contributed by atoms with Gasteiger partial charge in [0.15, 0.2) is 0 Å². The van der Waals surface area contributed by atoms with Crippen molar-refractivity contribution in [3.05, 3.63) is 101 Å². The number of pyridine rings is 1. The number of nitrogens with one attached hydrogen (secondary N) is 1. The van der Waals surface area contributed by atoms with Gasteiger partial charge in [0.1, 0.15) is 5.75 Å². The molecule has 37 heavy (non-hydrogen) atoms. The molecular weight excluding hydrogens is 472 g/mol. The average molecular weight is 499 g/mol. The van der Waals surface area contributed by atoms with E-state index >= 15 is 0 Å². The third-order valence-corrected chi connectivity index (χ3v) is 6.12. The minimum atomic E-state index is -0.402. The van der Waals surface area contributed by atoms with Crippen LogP contribution >= 0.6 is 0 Å². The fourth-order valence-corrected chi connectivity index (χ4v) is 4.14. The van der Waals surface area contributed by atoms with Gasteiger partial charge in [-0.2, -0.15) is 0 Å². The zero-order valence-electron chi connectivity index (χ0n) is 21.0. The van der Waals surface area contributed by atoms with E-state index in [1.54, 1.807) is 68.9 Å². The molecule has 0 bridgehead atoms.